The number of benzene rings is 1. The van der Waals surface area contributed by atoms with E-state index in [4.69, 9.17) is 5.73 Å². The summed E-state index contributed by atoms with van der Waals surface area (Å²) < 4.78 is 0. The van der Waals surface area contributed by atoms with Crippen molar-refractivity contribution in [3.8, 4) is 0 Å². The van der Waals surface area contributed by atoms with Crippen molar-refractivity contribution in [1.29, 1.82) is 0 Å². The number of rotatable bonds is 6. The van der Waals surface area contributed by atoms with Crippen LogP contribution in [0.5, 0.6) is 0 Å². The second kappa shape index (κ2) is 6.89. The topological polar surface area (TPSA) is 46.3 Å². The summed E-state index contributed by atoms with van der Waals surface area (Å²) in [4.78, 5) is 14.3. The maximum atomic E-state index is 11.8. The molecule has 0 bridgehead atoms. The van der Waals surface area contributed by atoms with E-state index in [2.05, 4.69) is 36.9 Å². The van der Waals surface area contributed by atoms with Crippen molar-refractivity contribution in [2.45, 2.75) is 51.5 Å². The Morgan fingerprint density at radius 3 is 2.50 bits per heavy atom. The molecule has 0 saturated heterocycles. The van der Waals surface area contributed by atoms with Crippen molar-refractivity contribution in [3.05, 3.63) is 35.4 Å². The minimum Gasteiger partial charge on any atom is -0.369 e. The van der Waals surface area contributed by atoms with E-state index in [9.17, 15) is 4.79 Å². The van der Waals surface area contributed by atoms with Gasteiger partial charge in [-0.05, 0) is 49.9 Å². The first-order chi connectivity index (χ1) is 9.67. The summed E-state index contributed by atoms with van der Waals surface area (Å²) in [6.45, 7) is 6.63. The van der Waals surface area contributed by atoms with Gasteiger partial charge in [-0.2, -0.15) is 0 Å². The Labute approximate surface area is 122 Å². The maximum Gasteiger partial charge on any atom is 0.225 e. The van der Waals surface area contributed by atoms with Gasteiger partial charge >= 0.3 is 0 Å². The van der Waals surface area contributed by atoms with Gasteiger partial charge in [0.05, 0.1) is 5.92 Å². The largest absolute Gasteiger partial charge is 0.369 e. The molecular formula is C17H26N2O. The lowest BCUT2D eigenvalue weighted by Gasteiger charge is -2.37. The van der Waals surface area contributed by atoms with Crippen molar-refractivity contribution >= 4 is 5.91 Å². The molecule has 1 aliphatic carbocycles. The second-order valence-electron chi connectivity index (χ2n) is 5.78. The number of carbonyl (C=O) groups excluding carboxylic acids is 1. The Hall–Kier alpha value is -1.35. The van der Waals surface area contributed by atoms with E-state index in [1.165, 1.54) is 5.56 Å². The summed E-state index contributed by atoms with van der Waals surface area (Å²) in [5, 5.41) is 0. The van der Waals surface area contributed by atoms with Crippen LogP contribution in [0.4, 0.5) is 0 Å². The van der Waals surface area contributed by atoms with Gasteiger partial charge in [-0.3, -0.25) is 4.79 Å². The van der Waals surface area contributed by atoms with Crippen LogP contribution >= 0.6 is 0 Å². The fraction of sp³-hybridized carbons (Fsp3) is 0.588. The van der Waals surface area contributed by atoms with Gasteiger partial charge in [0.1, 0.15) is 0 Å². The molecule has 110 valence electrons. The Morgan fingerprint density at radius 2 is 1.90 bits per heavy atom. The molecule has 3 heteroatoms. The molecule has 1 aliphatic rings. The Bertz CT molecular complexity index is 452. The predicted octanol–water partition coefficient (Wildman–Crippen LogP) is 2.69. The average molecular weight is 274 g/mol. The van der Waals surface area contributed by atoms with Crippen LogP contribution in [0.2, 0.25) is 0 Å². The van der Waals surface area contributed by atoms with E-state index in [-0.39, 0.29) is 11.8 Å². The van der Waals surface area contributed by atoms with Crippen LogP contribution < -0.4 is 5.73 Å². The third kappa shape index (κ3) is 3.21. The lowest BCUT2D eigenvalue weighted by atomic mass is 9.79. The first-order valence-corrected chi connectivity index (χ1v) is 7.78. The van der Waals surface area contributed by atoms with Crippen molar-refractivity contribution in [3.63, 3.8) is 0 Å². The Morgan fingerprint density at radius 1 is 1.25 bits per heavy atom. The molecule has 0 fully saturated rings. The van der Waals surface area contributed by atoms with Gasteiger partial charge < -0.3 is 10.6 Å². The molecule has 0 radical (unpaired) electrons. The lowest BCUT2D eigenvalue weighted by molar-refractivity contribution is -0.120. The van der Waals surface area contributed by atoms with Crippen LogP contribution in [-0.2, 0) is 11.2 Å². The van der Waals surface area contributed by atoms with Gasteiger partial charge in [-0.1, -0.05) is 38.1 Å². The normalized spacial score (nSPS) is 21.8. The second-order valence-corrected chi connectivity index (χ2v) is 5.78. The van der Waals surface area contributed by atoms with Crippen molar-refractivity contribution < 1.29 is 4.79 Å². The SMILES string of the molecule is CCCN(CCC)C1Cc2ccccc2C(C(N)=O)C1. The number of primary amides is 1. The highest BCUT2D eigenvalue weighted by Crippen LogP contribution is 2.33. The number of nitrogens with two attached hydrogens (primary N) is 1. The summed E-state index contributed by atoms with van der Waals surface area (Å²) in [6, 6.07) is 8.72. The van der Waals surface area contributed by atoms with Gasteiger partial charge in [-0.15, -0.1) is 0 Å². The summed E-state index contributed by atoms with van der Waals surface area (Å²) in [5.41, 5.74) is 8.07. The number of hydrogen-bond acceptors (Lipinski definition) is 2. The standard InChI is InChI=1S/C17H26N2O/c1-3-9-19(10-4-2)14-11-13-7-5-6-8-15(13)16(12-14)17(18)20/h5-8,14,16H,3-4,9-12H2,1-2H3,(H2,18,20). The fourth-order valence-corrected chi connectivity index (χ4v) is 3.40. The quantitative estimate of drug-likeness (QED) is 0.867. The molecule has 0 heterocycles. The molecule has 1 aromatic rings. The van der Waals surface area contributed by atoms with Crippen molar-refractivity contribution in [2.24, 2.45) is 5.73 Å². The van der Waals surface area contributed by atoms with Gasteiger partial charge in [0.2, 0.25) is 5.91 Å². The highest BCUT2D eigenvalue weighted by Gasteiger charge is 2.32. The molecular weight excluding hydrogens is 248 g/mol. The number of fused-ring (bicyclic) bond motifs is 1. The van der Waals surface area contributed by atoms with E-state index in [1.54, 1.807) is 0 Å². The van der Waals surface area contributed by atoms with Crippen LogP contribution in [0, 0.1) is 0 Å². The zero-order valence-electron chi connectivity index (χ0n) is 12.6. The zero-order valence-corrected chi connectivity index (χ0v) is 12.6. The van der Waals surface area contributed by atoms with Crippen LogP contribution in [0.3, 0.4) is 0 Å². The van der Waals surface area contributed by atoms with E-state index < -0.39 is 0 Å². The molecule has 0 spiro atoms. The molecule has 1 amide bonds. The van der Waals surface area contributed by atoms with Crippen LogP contribution in [0.1, 0.15) is 50.2 Å². The predicted molar refractivity (Wildman–Crippen MR) is 82.6 cm³/mol. The molecule has 0 aromatic heterocycles. The molecule has 2 unspecified atom stereocenters. The van der Waals surface area contributed by atoms with Crippen molar-refractivity contribution in [2.75, 3.05) is 13.1 Å². The zero-order chi connectivity index (χ0) is 14.5. The van der Waals surface area contributed by atoms with Gasteiger partial charge in [0.15, 0.2) is 0 Å². The lowest BCUT2D eigenvalue weighted by Crippen LogP contribution is -2.43. The molecule has 2 N–H and O–H groups in total. The summed E-state index contributed by atoms with van der Waals surface area (Å²) >= 11 is 0. The van der Waals surface area contributed by atoms with E-state index in [0.717, 1.165) is 44.3 Å². The molecule has 0 aliphatic heterocycles. The maximum absolute atomic E-state index is 11.8. The van der Waals surface area contributed by atoms with Crippen molar-refractivity contribution in [1.82, 2.24) is 4.90 Å². The molecule has 1 aromatic carbocycles. The van der Waals surface area contributed by atoms with Crippen LogP contribution in [0.25, 0.3) is 0 Å². The van der Waals surface area contributed by atoms with E-state index >= 15 is 0 Å². The minimum absolute atomic E-state index is 0.124. The highest BCUT2D eigenvalue weighted by atomic mass is 16.1. The molecule has 2 atom stereocenters. The van der Waals surface area contributed by atoms with Gasteiger partial charge in [0.25, 0.3) is 0 Å². The summed E-state index contributed by atoms with van der Waals surface area (Å²) in [7, 11) is 0. The number of hydrogen-bond donors (Lipinski definition) is 1. The monoisotopic (exact) mass is 274 g/mol. The molecule has 3 nitrogen and oxygen atoms in total. The van der Waals surface area contributed by atoms with Crippen LogP contribution in [-0.4, -0.2) is 29.9 Å². The number of carbonyl (C=O) groups is 1. The third-order valence-corrected chi connectivity index (χ3v) is 4.28. The third-order valence-electron chi connectivity index (χ3n) is 4.28. The first-order valence-electron chi connectivity index (χ1n) is 7.78. The average Bonchev–Trinajstić information content (AvgIpc) is 2.45. The number of nitrogens with zero attached hydrogens (tertiary/aromatic N) is 1. The van der Waals surface area contributed by atoms with E-state index in [1.807, 2.05) is 6.07 Å². The smallest absolute Gasteiger partial charge is 0.225 e. The van der Waals surface area contributed by atoms with E-state index in [0.29, 0.717) is 6.04 Å². The first kappa shape index (κ1) is 15.0. The molecule has 2 rings (SSSR count). The number of amides is 1. The Balaban J connectivity index is 2.24. The molecule has 0 saturated carbocycles. The van der Waals surface area contributed by atoms with Gasteiger partial charge in [-0.25, -0.2) is 0 Å². The minimum atomic E-state index is -0.185. The fourth-order valence-electron chi connectivity index (χ4n) is 3.40. The summed E-state index contributed by atoms with van der Waals surface area (Å²) in [5.74, 6) is -0.309. The molecule has 20 heavy (non-hydrogen) atoms. The van der Waals surface area contributed by atoms with Crippen LogP contribution in [0.15, 0.2) is 24.3 Å². The van der Waals surface area contributed by atoms with Gasteiger partial charge in [0, 0.05) is 6.04 Å². The highest BCUT2D eigenvalue weighted by molar-refractivity contribution is 5.82. The Kier molecular flexibility index (Phi) is 5.18. The summed E-state index contributed by atoms with van der Waals surface area (Å²) in [6.07, 6.45) is 4.21.